The van der Waals surface area contributed by atoms with Gasteiger partial charge in [-0.2, -0.15) is 0 Å². The van der Waals surface area contributed by atoms with Crippen LogP contribution in [0.5, 0.6) is 0 Å². The molecular formula is C16H14N4O3. The van der Waals surface area contributed by atoms with E-state index < -0.39 is 11.5 Å². The lowest BCUT2D eigenvalue weighted by Gasteiger charge is -2.08. The minimum Gasteiger partial charge on any atom is -0.310 e. The molecule has 0 aliphatic carbocycles. The van der Waals surface area contributed by atoms with Crippen LogP contribution < -0.4 is 16.2 Å². The molecule has 0 radical (unpaired) electrons. The highest BCUT2D eigenvalue weighted by atomic mass is 16.2. The number of aromatic nitrogens is 1. The second-order valence-electron chi connectivity index (χ2n) is 5.01. The van der Waals surface area contributed by atoms with Crippen LogP contribution in [0.15, 0.2) is 58.4 Å². The third-order valence-corrected chi connectivity index (χ3v) is 3.33. The molecule has 1 aromatic heterocycles. The number of benzene rings is 1. The molecule has 2 N–H and O–H groups in total. The van der Waals surface area contributed by atoms with Crippen molar-refractivity contribution in [2.45, 2.75) is 6.54 Å². The van der Waals surface area contributed by atoms with Crippen molar-refractivity contribution in [2.75, 3.05) is 6.54 Å². The standard InChI is InChI=1S/C16H14N4O3/c21-13-9-17-16(18-13)19-14(22)12-7-4-8-20(15(12)23)10-11-5-2-1-3-6-11/h1-8H,9-10H2,(H2,17,18,19,21,22). The van der Waals surface area contributed by atoms with Gasteiger partial charge < -0.3 is 4.57 Å². The molecule has 0 saturated carbocycles. The van der Waals surface area contributed by atoms with E-state index in [1.54, 1.807) is 12.3 Å². The van der Waals surface area contributed by atoms with Gasteiger partial charge in [0.2, 0.25) is 11.9 Å². The topological polar surface area (TPSA) is 92.6 Å². The van der Waals surface area contributed by atoms with Gasteiger partial charge in [0.15, 0.2) is 0 Å². The zero-order chi connectivity index (χ0) is 16.2. The molecular weight excluding hydrogens is 296 g/mol. The Labute approximate surface area is 131 Å². The zero-order valence-electron chi connectivity index (χ0n) is 12.2. The first kappa shape index (κ1) is 14.7. The first-order valence-corrected chi connectivity index (χ1v) is 7.02. The smallest absolute Gasteiger partial charge is 0.263 e. The van der Waals surface area contributed by atoms with Gasteiger partial charge >= 0.3 is 0 Å². The van der Waals surface area contributed by atoms with Gasteiger partial charge in [0.05, 0.1) is 6.54 Å². The maximum Gasteiger partial charge on any atom is 0.263 e. The van der Waals surface area contributed by atoms with Crippen molar-refractivity contribution < 1.29 is 9.59 Å². The predicted octanol–water partition coefficient (Wildman–Crippen LogP) is 0.112. The lowest BCUT2D eigenvalue weighted by molar-refractivity contribution is -0.117. The van der Waals surface area contributed by atoms with E-state index in [0.29, 0.717) is 6.54 Å². The van der Waals surface area contributed by atoms with Gasteiger partial charge in [0.1, 0.15) is 12.1 Å². The number of pyridine rings is 1. The van der Waals surface area contributed by atoms with Crippen molar-refractivity contribution in [2.24, 2.45) is 4.99 Å². The zero-order valence-corrected chi connectivity index (χ0v) is 12.2. The largest absolute Gasteiger partial charge is 0.310 e. The highest BCUT2D eigenvalue weighted by Crippen LogP contribution is 2.01. The SMILES string of the molecule is O=C1CN=C(NC(=O)c2cccn(Cc3ccccc3)c2=O)N1. The van der Waals surface area contributed by atoms with Crippen molar-refractivity contribution in [3.8, 4) is 0 Å². The fourth-order valence-electron chi connectivity index (χ4n) is 2.22. The van der Waals surface area contributed by atoms with Crippen LogP contribution >= 0.6 is 0 Å². The Morgan fingerprint density at radius 3 is 2.65 bits per heavy atom. The van der Waals surface area contributed by atoms with Crippen molar-refractivity contribution >= 4 is 17.8 Å². The maximum absolute atomic E-state index is 12.4. The highest BCUT2D eigenvalue weighted by Gasteiger charge is 2.18. The van der Waals surface area contributed by atoms with E-state index in [9.17, 15) is 14.4 Å². The van der Waals surface area contributed by atoms with Gasteiger partial charge in [-0.25, -0.2) is 4.99 Å². The lowest BCUT2D eigenvalue weighted by atomic mass is 10.2. The highest BCUT2D eigenvalue weighted by molar-refractivity contribution is 6.12. The van der Waals surface area contributed by atoms with E-state index in [4.69, 9.17) is 0 Å². The number of nitrogens with zero attached hydrogens (tertiary/aromatic N) is 2. The molecule has 3 rings (SSSR count). The van der Waals surface area contributed by atoms with Crippen LogP contribution in [0.2, 0.25) is 0 Å². The Morgan fingerprint density at radius 1 is 1.17 bits per heavy atom. The minimum absolute atomic E-state index is 0.00715. The summed E-state index contributed by atoms with van der Waals surface area (Å²) >= 11 is 0. The van der Waals surface area contributed by atoms with Crippen LogP contribution in [0.25, 0.3) is 0 Å². The summed E-state index contributed by atoms with van der Waals surface area (Å²) in [4.78, 5) is 39.5. The van der Waals surface area contributed by atoms with E-state index in [0.717, 1.165) is 5.56 Å². The molecule has 0 atom stereocenters. The molecule has 1 aliphatic heterocycles. The number of rotatable bonds is 3. The Hall–Kier alpha value is -3.22. The van der Waals surface area contributed by atoms with Crippen molar-refractivity contribution in [1.29, 1.82) is 0 Å². The van der Waals surface area contributed by atoms with E-state index in [1.165, 1.54) is 10.6 Å². The van der Waals surface area contributed by atoms with E-state index in [2.05, 4.69) is 15.6 Å². The Bertz CT molecular complexity index is 840. The molecule has 1 aromatic carbocycles. The average Bonchev–Trinajstić information content (AvgIpc) is 2.95. The molecule has 0 bridgehead atoms. The summed E-state index contributed by atoms with van der Waals surface area (Å²) in [6.07, 6.45) is 1.63. The summed E-state index contributed by atoms with van der Waals surface area (Å²) in [5, 5.41) is 4.82. The first-order chi connectivity index (χ1) is 11.1. The number of amides is 2. The molecule has 7 nitrogen and oxygen atoms in total. The monoisotopic (exact) mass is 310 g/mol. The van der Waals surface area contributed by atoms with Crippen LogP contribution in [-0.4, -0.2) is 28.9 Å². The number of carbonyl (C=O) groups is 2. The fraction of sp³-hybridized carbons (Fsp3) is 0.125. The van der Waals surface area contributed by atoms with Crippen molar-refractivity contribution in [3.05, 3.63) is 70.1 Å². The van der Waals surface area contributed by atoms with E-state index in [-0.39, 0.29) is 24.0 Å². The third-order valence-electron chi connectivity index (χ3n) is 3.33. The molecule has 1 aliphatic rings. The molecule has 0 saturated heterocycles. The van der Waals surface area contributed by atoms with Crippen LogP contribution in [0.4, 0.5) is 0 Å². The van der Waals surface area contributed by atoms with Crippen LogP contribution in [-0.2, 0) is 11.3 Å². The van der Waals surface area contributed by atoms with Crippen molar-refractivity contribution in [1.82, 2.24) is 15.2 Å². The summed E-state index contributed by atoms with van der Waals surface area (Å²) in [5.41, 5.74) is 0.547. The summed E-state index contributed by atoms with van der Waals surface area (Å²) in [6, 6.07) is 12.6. The van der Waals surface area contributed by atoms with Gasteiger partial charge in [-0.15, -0.1) is 0 Å². The average molecular weight is 310 g/mol. The van der Waals surface area contributed by atoms with Gasteiger partial charge in [-0.1, -0.05) is 30.3 Å². The Morgan fingerprint density at radius 2 is 1.96 bits per heavy atom. The summed E-state index contributed by atoms with van der Waals surface area (Å²) < 4.78 is 1.46. The number of aliphatic imine (C=N–C) groups is 1. The van der Waals surface area contributed by atoms with Gasteiger partial charge in [0, 0.05) is 6.20 Å². The molecule has 116 valence electrons. The summed E-state index contributed by atoms with van der Waals surface area (Å²) in [5.74, 6) is -0.828. The third kappa shape index (κ3) is 3.34. The van der Waals surface area contributed by atoms with Gasteiger partial charge in [0.25, 0.3) is 11.5 Å². The summed E-state index contributed by atoms with van der Waals surface area (Å²) in [7, 11) is 0. The molecule has 0 spiro atoms. The molecule has 2 heterocycles. The molecule has 0 fully saturated rings. The Balaban J connectivity index is 1.80. The van der Waals surface area contributed by atoms with Gasteiger partial charge in [-0.3, -0.25) is 25.0 Å². The van der Waals surface area contributed by atoms with Crippen LogP contribution in [0.1, 0.15) is 15.9 Å². The lowest BCUT2D eigenvalue weighted by Crippen LogP contribution is -2.42. The normalized spacial score (nSPS) is 13.4. The van der Waals surface area contributed by atoms with Gasteiger partial charge in [-0.05, 0) is 17.7 Å². The fourth-order valence-corrected chi connectivity index (χ4v) is 2.22. The number of nitrogens with one attached hydrogen (secondary N) is 2. The van der Waals surface area contributed by atoms with Crippen LogP contribution in [0, 0.1) is 0 Å². The molecule has 2 aromatic rings. The number of carbonyl (C=O) groups excluding carboxylic acids is 2. The second-order valence-corrected chi connectivity index (χ2v) is 5.01. The quantitative estimate of drug-likeness (QED) is 0.843. The molecule has 23 heavy (non-hydrogen) atoms. The maximum atomic E-state index is 12.4. The van der Waals surface area contributed by atoms with Crippen LogP contribution in [0.3, 0.4) is 0 Å². The molecule has 7 heteroatoms. The molecule has 0 unspecified atom stereocenters. The minimum atomic E-state index is -0.599. The van der Waals surface area contributed by atoms with E-state index >= 15 is 0 Å². The second kappa shape index (κ2) is 6.27. The predicted molar refractivity (Wildman–Crippen MR) is 84.2 cm³/mol. The number of hydrogen-bond donors (Lipinski definition) is 2. The number of guanidine groups is 1. The number of hydrogen-bond acceptors (Lipinski definition) is 4. The van der Waals surface area contributed by atoms with Crippen molar-refractivity contribution in [3.63, 3.8) is 0 Å². The first-order valence-electron chi connectivity index (χ1n) is 7.02. The summed E-state index contributed by atoms with van der Waals surface area (Å²) in [6.45, 7) is 0.348. The van der Waals surface area contributed by atoms with E-state index in [1.807, 2.05) is 30.3 Å². The molecule has 2 amide bonds. The Kier molecular flexibility index (Phi) is 4.01.